The highest BCUT2D eigenvalue weighted by molar-refractivity contribution is 5.92. The second-order valence-electron chi connectivity index (χ2n) is 8.97. The van der Waals surface area contributed by atoms with Crippen molar-refractivity contribution < 1.29 is 0 Å². The molecular weight excluding hydrogens is 338 g/mol. The van der Waals surface area contributed by atoms with E-state index in [0.29, 0.717) is 0 Å². The Kier molecular flexibility index (Phi) is 3.55. The van der Waals surface area contributed by atoms with Crippen molar-refractivity contribution in [3.8, 4) is 22.4 Å². The van der Waals surface area contributed by atoms with E-state index in [9.17, 15) is 0 Å². The minimum atomic E-state index is 0.0282. The first kappa shape index (κ1) is 17.2. The molecule has 0 saturated carbocycles. The molecule has 0 aliphatic heterocycles. The maximum Gasteiger partial charge on any atom is 0.0702 e. The molecule has 0 amide bonds. The van der Waals surface area contributed by atoms with E-state index < -0.39 is 0 Å². The monoisotopic (exact) mass is 363 g/mol. The van der Waals surface area contributed by atoms with Crippen LogP contribution in [-0.2, 0) is 10.8 Å². The normalized spacial score (nSPS) is 16.4. The number of hydrogen-bond donors (Lipinski definition) is 0. The second kappa shape index (κ2) is 5.78. The topological polar surface area (TPSA) is 12.9 Å². The maximum atomic E-state index is 4.57. The highest BCUT2D eigenvalue weighted by Crippen LogP contribution is 2.54. The first-order valence-corrected chi connectivity index (χ1v) is 9.99. The van der Waals surface area contributed by atoms with E-state index in [1.807, 2.05) is 12.3 Å². The fourth-order valence-corrected chi connectivity index (χ4v) is 4.66. The van der Waals surface area contributed by atoms with Gasteiger partial charge in [-0.25, -0.2) is 0 Å². The van der Waals surface area contributed by atoms with Gasteiger partial charge in [0.1, 0.15) is 0 Å². The number of rotatable bonds is 1. The zero-order valence-electron chi connectivity index (χ0n) is 17.0. The summed E-state index contributed by atoms with van der Waals surface area (Å²) in [6, 6.07) is 26.5. The molecule has 1 aromatic heterocycles. The van der Waals surface area contributed by atoms with E-state index in [4.69, 9.17) is 0 Å². The van der Waals surface area contributed by atoms with Crippen LogP contribution in [-0.4, -0.2) is 4.98 Å². The van der Waals surface area contributed by atoms with Gasteiger partial charge in [0.2, 0.25) is 0 Å². The van der Waals surface area contributed by atoms with E-state index in [0.717, 1.165) is 5.69 Å². The molecule has 1 nitrogen and oxygen atoms in total. The molecule has 0 atom stereocenters. The zero-order valence-corrected chi connectivity index (χ0v) is 17.0. The van der Waals surface area contributed by atoms with Crippen molar-refractivity contribution in [1.82, 2.24) is 4.98 Å². The van der Waals surface area contributed by atoms with Gasteiger partial charge < -0.3 is 0 Å². The van der Waals surface area contributed by atoms with Crippen LogP contribution in [0.2, 0.25) is 0 Å². The van der Waals surface area contributed by atoms with Gasteiger partial charge in [0.15, 0.2) is 0 Å². The number of hydrogen-bond acceptors (Lipinski definition) is 1. The number of fused-ring (bicyclic) bond motifs is 4. The molecular formula is C27H25N. The van der Waals surface area contributed by atoms with Crippen LogP contribution in [0.15, 0.2) is 79.0 Å². The summed E-state index contributed by atoms with van der Waals surface area (Å²) in [4.78, 5) is 4.57. The quantitative estimate of drug-likeness (QED) is 0.350. The largest absolute Gasteiger partial charge is 0.256 e. The summed E-state index contributed by atoms with van der Waals surface area (Å²) in [7, 11) is 0. The van der Waals surface area contributed by atoms with Crippen LogP contribution in [0.3, 0.4) is 0 Å². The highest BCUT2D eigenvalue weighted by atomic mass is 14.7. The second-order valence-corrected chi connectivity index (χ2v) is 8.97. The van der Waals surface area contributed by atoms with Crippen LogP contribution in [0.1, 0.15) is 38.8 Å². The molecule has 0 spiro atoms. The van der Waals surface area contributed by atoms with Crippen LogP contribution in [0.5, 0.6) is 0 Å². The van der Waals surface area contributed by atoms with Crippen molar-refractivity contribution in [2.24, 2.45) is 0 Å². The van der Waals surface area contributed by atoms with Gasteiger partial charge in [-0.1, -0.05) is 70.2 Å². The number of benzene rings is 3. The third kappa shape index (κ3) is 2.29. The Balaban J connectivity index is 1.85. The van der Waals surface area contributed by atoms with Crippen molar-refractivity contribution >= 4 is 10.8 Å². The molecule has 1 aliphatic carbocycles. The Morgan fingerprint density at radius 2 is 1.25 bits per heavy atom. The Hall–Kier alpha value is -2.93. The highest BCUT2D eigenvalue weighted by Gasteiger charge is 2.45. The first-order valence-electron chi connectivity index (χ1n) is 9.99. The molecule has 0 fully saturated rings. The summed E-state index contributed by atoms with van der Waals surface area (Å²) in [6.07, 6.45) is 1.86. The van der Waals surface area contributed by atoms with E-state index in [2.05, 4.69) is 99.4 Å². The lowest BCUT2D eigenvalue weighted by atomic mass is 9.55. The standard InChI is InChI=1S/C27H25N/c1-26(2)23-13-12-20(25-11-7-8-14-28-25)16-21(23)22-15-18-9-5-6-10-19(18)17-24(22)27(26,3)4/h5-17H,1-4H3. The Labute approximate surface area is 167 Å². The van der Waals surface area contributed by atoms with Crippen LogP contribution >= 0.6 is 0 Å². The molecule has 4 aromatic rings. The third-order valence-electron chi connectivity index (χ3n) is 7.07. The van der Waals surface area contributed by atoms with Gasteiger partial charge in [-0.3, -0.25) is 4.98 Å². The van der Waals surface area contributed by atoms with Crippen LogP contribution < -0.4 is 0 Å². The predicted octanol–water partition coefficient (Wildman–Crippen LogP) is 7.14. The molecule has 28 heavy (non-hydrogen) atoms. The molecule has 1 heterocycles. The van der Waals surface area contributed by atoms with E-state index >= 15 is 0 Å². The fraction of sp³-hybridized carbons (Fsp3) is 0.222. The predicted molar refractivity (Wildman–Crippen MR) is 119 cm³/mol. The molecule has 0 saturated heterocycles. The number of nitrogens with zero attached hydrogens (tertiary/aromatic N) is 1. The van der Waals surface area contributed by atoms with Gasteiger partial charge >= 0.3 is 0 Å². The average Bonchev–Trinajstić information content (AvgIpc) is 2.72. The molecule has 138 valence electrons. The van der Waals surface area contributed by atoms with Gasteiger partial charge in [0.05, 0.1) is 5.69 Å². The fourth-order valence-electron chi connectivity index (χ4n) is 4.66. The van der Waals surface area contributed by atoms with Gasteiger partial charge in [-0.05, 0) is 74.2 Å². The minimum Gasteiger partial charge on any atom is -0.256 e. The van der Waals surface area contributed by atoms with Gasteiger partial charge in [-0.2, -0.15) is 0 Å². The van der Waals surface area contributed by atoms with Gasteiger partial charge in [0, 0.05) is 11.8 Å². The lowest BCUT2D eigenvalue weighted by molar-refractivity contribution is 0.299. The molecule has 5 rings (SSSR count). The Bertz CT molecular complexity index is 1200. The summed E-state index contributed by atoms with van der Waals surface area (Å²) in [5.74, 6) is 0. The Morgan fingerprint density at radius 1 is 0.607 bits per heavy atom. The lowest BCUT2D eigenvalue weighted by Crippen LogP contribution is -2.43. The van der Waals surface area contributed by atoms with Crippen molar-refractivity contribution in [3.05, 3.63) is 90.1 Å². The van der Waals surface area contributed by atoms with Gasteiger partial charge in [0.25, 0.3) is 0 Å². The summed E-state index contributed by atoms with van der Waals surface area (Å²) < 4.78 is 0. The minimum absolute atomic E-state index is 0.0282. The van der Waals surface area contributed by atoms with E-state index in [1.54, 1.807) is 0 Å². The summed E-state index contributed by atoms with van der Waals surface area (Å²) in [5, 5.41) is 2.61. The number of pyridine rings is 1. The Morgan fingerprint density at radius 3 is 1.96 bits per heavy atom. The van der Waals surface area contributed by atoms with Crippen LogP contribution in [0.4, 0.5) is 0 Å². The summed E-state index contributed by atoms with van der Waals surface area (Å²) >= 11 is 0. The van der Waals surface area contributed by atoms with Crippen molar-refractivity contribution in [1.29, 1.82) is 0 Å². The summed E-state index contributed by atoms with van der Waals surface area (Å²) in [5.41, 5.74) is 7.81. The molecule has 3 aromatic carbocycles. The van der Waals surface area contributed by atoms with Gasteiger partial charge in [-0.15, -0.1) is 0 Å². The SMILES string of the molecule is CC1(C)c2ccc(-c3ccccn3)cc2-c2cc3ccccc3cc2C1(C)C. The van der Waals surface area contributed by atoms with Crippen LogP contribution in [0.25, 0.3) is 33.2 Å². The first-order chi connectivity index (χ1) is 13.4. The zero-order chi connectivity index (χ0) is 19.5. The molecule has 0 unspecified atom stereocenters. The van der Waals surface area contributed by atoms with Crippen molar-refractivity contribution in [2.75, 3.05) is 0 Å². The lowest BCUT2D eigenvalue weighted by Gasteiger charge is -2.48. The van der Waals surface area contributed by atoms with E-state index in [1.165, 1.54) is 38.6 Å². The number of aromatic nitrogens is 1. The smallest absolute Gasteiger partial charge is 0.0702 e. The molecule has 0 radical (unpaired) electrons. The average molecular weight is 364 g/mol. The van der Waals surface area contributed by atoms with Crippen molar-refractivity contribution in [3.63, 3.8) is 0 Å². The summed E-state index contributed by atoms with van der Waals surface area (Å²) in [6.45, 7) is 9.53. The van der Waals surface area contributed by atoms with Crippen molar-refractivity contribution in [2.45, 2.75) is 38.5 Å². The molecule has 0 bridgehead atoms. The van der Waals surface area contributed by atoms with Crippen LogP contribution in [0, 0.1) is 0 Å². The molecule has 0 N–H and O–H groups in total. The third-order valence-corrected chi connectivity index (χ3v) is 7.07. The maximum absolute atomic E-state index is 4.57. The van der Waals surface area contributed by atoms with E-state index in [-0.39, 0.29) is 10.8 Å². The molecule has 1 aliphatic rings. The molecule has 1 heteroatoms.